The van der Waals surface area contributed by atoms with Crippen LogP contribution in [-0.4, -0.2) is 24.9 Å². The highest BCUT2D eigenvalue weighted by Gasteiger charge is 2.10. The molecule has 0 saturated carbocycles. The number of carbonyl (C=O) groups excluding carboxylic acids is 2. The van der Waals surface area contributed by atoms with Gasteiger partial charge in [0.1, 0.15) is 11.6 Å². The maximum Gasteiger partial charge on any atom is 0.252 e. The minimum absolute atomic E-state index is 0.0647. The molecule has 2 N–H and O–H groups in total. The van der Waals surface area contributed by atoms with Crippen molar-refractivity contribution in [1.82, 2.24) is 10.6 Å². The summed E-state index contributed by atoms with van der Waals surface area (Å²) in [7, 11) is 0. The summed E-state index contributed by atoms with van der Waals surface area (Å²) < 4.78 is 26.4. The minimum Gasteiger partial charge on any atom is -0.354 e. The molecule has 0 aliphatic rings. The van der Waals surface area contributed by atoms with Crippen molar-refractivity contribution in [3.8, 4) is 0 Å². The highest BCUT2D eigenvalue weighted by atomic mass is 79.9. The van der Waals surface area contributed by atoms with E-state index in [4.69, 9.17) is 0 Å². The van der Waals surface area contributed by atoms with Crippen LogP contribution in [0.1, 0.15) is 15.9 Å². The molecule has 2 rings (SSSR count). The molecular formula is C17H15BrF2N2O2. The van der Waals surface area contributed by atoms with Crippen LogP contribution in [0, 0.1) is 11.6 Å². The monoisotopic (exact) mass is 396 g/mol. The summed E-state index contributed by atoms with van der Waals surface area (Å²) in [5.41, 5.74) is 0.884. The summed E-state index contributed by atoms with van der Waals surface area (Å²) >= 11 is 3.12. The van der Waals surface area contributed by atoms with Gasteiger partial charge in [0, 0.05) is 17.6 Å². The molecule has 0 unspecified atom stereocenters. The molecule has 2 amide bonds. The van der Waals surface area contributed by atoms with E-state index in [9.17, 15) is 18.4 Å². The molecule has 0 aliphatic heterocycles. The molecular weight excluding hydrogens is 382 g/mol. The van der Waals surface area contributed by atoms with Crippen molar-refractivity contribution in [3.63, 3.8) is 0 Å². The number of hydrogen-bond acceptors (Lipinski definition) is 2. The third-order valence-corrected chi connectivity index (χ3v) is 3.82. The molecule has 2 aromatic rings. The van der Waals surface area contributed by atoms with Crippen LogP contribution in [0.2, 0.25) is 0 Å². The van der Waals surface area contributed by atoms with Gasteiger partial charge in [0.15, 0.2) is 0 Å². The number of halogens is 3. The van der Waals surface area contributed by atoms with Crippen molar-refractivity contribution in [1.29, 1.82) is 0 Å². The molecule has 0 saturated heterocycles. The lowest BCUT2D eigenvalue weighted by Crippen LogP contribution is -2.35. The smallest absolute Gasteiger partial charge is 0.252 e. The van der Waals surface area contributed by atoms with Crippen molar-refractivity contribution >= 4 is 27.7 Å². The first kappa shape index (κ1) is 18.1. The second kappa shape index (κ2) is 8.54. The van der Waals surface area contributed by atoms with Crippen LogP contribution < -0.4 is 10.6 Å². The fourth-order valence-electron chi connectivity index (χ4n) is 2.04. The Morgan fingerprint density at radius 2 is 1.67 bits per heavy atom. The highest BCUT2D eigenvalue weighted by Crippen LogP contribution is 2.17. The Hall–Kier alpha value is -2.28. The largest absolute Gasteiger partial charge is 0.354 e. The predicted octanol–water partition coefficient (Wildman–Crippen LogP) is 2.82. The number of carbonyl (C=O) groups is 2. The summed E-state index contributed by atoms with van der Waals surface area (Å²) in [5.74, 6) is -1.47. The van der Waals surface area contributed by atoms with Gasteiger partial charge >= 0.3 is 0 Å². The average Bonchev–Trinajstić information content (AvgIpc) is 2.51. The fraction of sp³-hybridized carbons (Fsp3) is 0.176. The normalized spacial score (nSPS) is 10.3. The second-order valence-electron chi connectivity index (χ2n) is 5.04. The first-order chi connectivity index (χ1) is 11.5. The summed E-state index contributed by atoms with van der Waals surface area (Å²) in [6.45, 7) is 0.455. The van der Waals surface area contributed by atoms with Crippen LogP contribution in [0.5, 0.6) is 0 Å². The van der Waals surface area contributed by atoms with E-state index in [2.05, 4.69) is 26.6 Å². The molecule has 0 fully saturated rings. The van der Waals surface area contributed by atoms with E-state index in [-0.39, 0.29) is 31.3 Å². The topological polar surface area (TPSA) is 58.2 Å². The van der Waals surface area contributed by atoms with Crippen molar-refractivity contribution in [3.05, 3.63) is 69.7 Å². The van der Waals surface area contributed by atoms with E-state index in [1.165, 1.54) is 30.3 Å². The zero-order valence-electron chi connectivity index (χ0n) is 12.6. The van der Waals surface area contributed by atoms with Crippen LogP contribution in [0.4, 0.5) is 8.78 Å². The maximum atomic E-state index is 13.0. The number of rotatable bonds is 6. The fourth-order valence-corrected chi connectivity index (χ4v) is 2.57. The molecule has 2 aromatic carbocycles. The molecule has 0 spiro atoms. The number of nitrogens with one attached hydrogen (secondary N) is 2. The lowest BCUT2D eigenvalue weighted by atomic mass is 10.1. The summed E-state index contributed by atoms with van der Waals surface area (Å²) in [6.07, 6.45) is 0.0647. The van der Waals surface area contributed by atoms with Gasteiger partial charge in [0.2, 0.25) is 5.91 Å². The molecule has 0 atom stereocenters. The van der Waals surface area contributed by atoms with Gasteiger partial charge in [-0.1, -0.05) is 12.1 Å². The third kappa shape index (κ3) is 5.42. The van der Waals surface area contributed by atoms with Gasteiger partial charge in [0.05, 0.1) is 12.0 Å². The Kier molecular flexibility index (Phi) is 6.43. The summed E-state index contributed by atoms with van der Waals surface area (Å²) in [6, 6.07) is 9.58. The zero-order chi connectivity index (χ0) is 17.5. The molecule has 0 heterocycles. The van der Waals surface area contributed by atoms with Gasteiger partial charge in [-0.2, -0.15) is 0 Å². The maximum absolute atomic E-state index is 13.0. The molecule has 126 valence electrons. The van der Waals surface area contributed by atoms with Crippen molar-refractivity contribution in [2.24, 2.45) is 0 Å². The first-order valence-corrected chi connectivity index (χ1v) is 7.99. The zero-order valence-corrected chi connectivity index (χ0v) is 14.2. The van der Waals surface area contributed by atoms with E-state index < -0.39 is 11.6 Å². The lowest BCUT2D eigenvalue weighted by Gasteiger charge is -2.08. The standard InChI is InChI=1S/C17H15BrF2N2O2/c18-15-10-13(20)4-5-14(15)17(24)22-7-6-21-16(23)9-11-2-1-3-12(19)8-11/h1-5,8,10H,6-7,9H2,(H,21,23)(H,22,24). The molecule has 0 aliphatic carbocycles. The molecule has 0 bridgehead atoms. The van der Waals surface area contributed by atoms with Gasteiger partial charge in [0.25, 0.3) is 5.91 Å². The molecule has 24 heavy (non-hydrogen) atoms. The Morgan fingerprint density at radius 1 is 0.958 bits per heavy atom. The van der Waals surface area contributed by atoms with Crippen LogP contribution in [0.15, 0.2) is 46.9 Å². The van der Waals surface area contributed by atoms with Crippen LogP contribution in [0.25, 0.3) is 0 Å². The van der Waals surface area contributed by atoms with E-state index in [1.54, 1.807) is 12.1 Å². The Balaban J connectivity index is 1.74. The highest BCUT2D eigenvalue weighted by molar-refractivity contribution is 9.10. The quantitative estimate of drug-likeness (QED) is 0.737. The number of amides is 2. The number of benzene rings is 2. The Bertz CT molecular complexity index is 753. The second-order valence-corrected chi connectivity index (χ2v) is 5.89. The molecule has 0 aromatic heterocycles. The van der Waals surface area contributed by atoms with Crippen molar-refractivity contribution in [2.45, 2.75) is 6.42 Å². The van der Waals surface area contributed by atoms with E-state index >= 15 is 0 Å². The van der Waals surface area contributed by atoms with E-state index in [0.717, 1.165) is 0 Å². The van der Waals surface area contributed by atoms with Gasteiger partial charge in [-0.15, -0.1) is 0 Å². The Labute approximate surface area is 146 Å². The SMILES string of the molecule is O=C(Cc1cccc(F)c1)NCCNC(=O)c1ccc(F)cc1Br. The lowest BCUT2D eigenvalue weighted by molar-refractivity contribution is -0.120. The first-order valence-electron chi connectivity index (χ1n) is 7.20. The van der Waals surface area contributed by atoms with Crippen LogP contribution >= 0.6 is 15.9 Å². The molecule has 7 heteroatoms. The Morgan fingerprint density at radius 3 is 2.38 bits per heavy atom. The third-order valence-electron chi connectivity index (χ3n) is 3.16. The van der Waals surface area contributed by atoms with Crippen LogP contribution in [-0.2, 0) is 11.2 Å². The van der Waals surface area contributed by atoms with Gasteiger partial charge < -0.3 is 10.6 Å². The van der Waals surface area contributed by atoms with Crippen molar-refractivity contribution in [2.75, 3.05) is 13.1 Å². The van der Waals surface area contributed by atoms with Gasteiger partial charge in [-0.3, -0.25) is 9.59 Å². The van der Waals surface area contributed by atoms with Crippen LogP contribution in [0.3, 0.4) is 0 Å². The number of hydrogen-bond donors (Lipinski definition) is 2. The summed E-state index contributed by atoms with van der Waals surface area (Å²) in [4.78, 5) is 23.7. The molecule has 4 nitrogen and oxygen atoms in total. The van der Waals surface area contributed by atoms with Gasteiger partial charge in [-0.05, 0) is 51.8 Å². The van der Waals surface area contributed by atoms with E-state index in [1.807, 2.05) is 0 Å². The predicted molar refractivity (Wildman–Crippen MR) is 89.5 cm³/mol. The van der Waals surface area contributed by atoms with Gasteiger partial charge in [-0.25, -0.2) is 8.78 Å². The summed E-state index contributed by atoms with van der Waals surface area (Å²) in [5, 5.41) is 5.25. The average molecular weight is 397 g/mol. The minimum atomic E-state index is -0.442. The van der Waals surface area contributed by atoms with Crippen molar-refractivity contribution < 1.29 is 18.4 Å². The van der Waals surface area contributed by atoms with E-state index in [0.29, 0.717) is 15.6 Å². The molecule has 0 radical (unpaired) electrons.